The average Bonchev–Trinajstić information content (AvgIpc) is 2.36. The number of amides is 1. The largest absolute Gasteiger partial charge is 0.398 e. The van der Waals surface area contributed by atoms with Crippen LogP contribution in [-0.4, -0.2) is 5.91 Å². The second-order valence-corrected chi connectivity index (χ2v) is 5.87. The third kappa shape index (κ3) is 3.29. The van der Waals surface area contributed by atoms with E-state index in [9.17, 15) is 4.79 Å². The van der Waals surface area contributed by atoms with Crippen molar-refractivity contribution in [3.05, 3.63) is 55.9 Å². The maximum Gasteiger partial charge on any atom is 0.256 e. The van der Waals surface area contributed by atoms with Crippen LogP contribution >= 0.6 is 43.5 Å². The molecule has 3 N–H and O–H groups in total. The second kappa shape index (κ2) is 5.94. The molecule has 3 nitrogen and oxygen atoms in total. The highest BCUT2D eigenvalue weighted by molar-refractivity contribution is 9.11. The number of nitrogens with two attached hydrogens (primary N) is 1. The van der Waals surface area contributed by atoms with E-state index in [4.69, 9.17) is 17.3 Å². The number of halogens is 3. The van der Waals surface area contributed by atoms with Crippen molar-refractivity contribution in [3.63, 3.8) is 0 Å². The maximum absolute atomic E-state index is 12.2. The molecule has 19 heavy (non-hydrogen) atoms. The fourth-order valence-corrected chi connectivity index (χ4v) is 2.73. The number of carbonyl (C=O) groups excluding carboxylic acids is 1. The summed E-state index contributed by atoms with van der Waals surface area (Å²) in [5.41, 5.74) is 7.38. The van der Waals surface area contributed by atoms with Gasteiger partial charge < -0.3 is 11.1 Å². The number of nitrogen functional groups attached to an aromatic ring is 1. The van der Waals surface area contributed by atoms with Crippen molar-refractivity contribution in [1.82, 2.24) is 0 Å². The number of nitrogens with one attached hydrogen (secondary N) is 1. The number of benzene rings is 2. The van der Waals surface area contributed by atoms with E-state index < -0.39 is 0 Å². The number of anilines is 2. The number of hydrogen-bond acceptors (Lipinski definition) is 2. The molecular formula is C13H9Br2ClN2O. The number of carbonyl (C=O) groups is 1. The Hall–Kier alpha value is -1.04. The zero-order valence-corrected chi connectivity index (χ0v) is 13.5. The minimum atomic E-state index is -0.248. The van der Waals surface area contributed by atoms with E-state index in [0.29, 0.717) is 30.9 Å². The maximum atomic E-state index is 12.2. The van der Waals surface area contributed by atoms with Gasteiger partial charge in [-0.1, -0.05) is 17.7 Å². The van der Waals surface area contributed by atoms with Crippen molar-refractivity contribution < 1.29 is 4.79 Å². The average molecular weight is 404 g/mol. The quantitative estimate of drug-likeness (QED) is 0.713. The van der Waals surface area contributed by atoms with Crippen molar-refractivity contribution >= 4 is 60.7 Å². The fourth-order valence-electron chi connectivity index (χ4n) is 1.51. The van der Waals surface area contributed by atoms with Crippen LogP contribution in [0.4, 0.5) is 11.4 Å². The third-order valence-electron chi connectivity index (χ3n) is 2.45. The van der Waals surface area contributed by atoms with Crippen LogP contribution in [0.1, 0.15) is 10.4 Å². The molecule has 2 aromatic carbocycles. The molecule has 2 rings (SSSR count). The van der Waals surface area contributed by atoms with Crippen LogP contribution in [0.2, 0.25) is 5.02 Å². The van der Waals surface area contributed by atoms with Gasteiger partial charge in [-0.2, -0.15) is 0 Å². The topological polar surface area (TPSA) is 55.1 Å². The lowest BCUT2D eigenvalue weighted by Gasteiger charge is -2.10. The van der Waals surface area contributed by atoms with E-state index in [2.05, 4.69) is 37.2 Å². The number of rotatable bonds is 2. The first kappa shape index (κ1) is 14.4. The van der Waals surface area contributed by atoms with Crippen molar-refractivity contribution in [2.75, 3.05) is 11.1 Å². The normalized spacial score (nSPS) is 10.3. The van der Waals surface area contributed by atoms with Gasteiger partial charge in [0.25, 0.3) is 5.91 Å². The predicted molar refractivity (Wildman–Crippen MR) is 85.7 cm³/mol. The van der Waals surface area contributed by atoms with E-state index in [-0.39, 0.29) is 5.91 Å². The van der Waals surface area contributed by atoms with Gasteiger partial charge in [0.15, 0.2) is 0 Å². The SMILES string of the molecule is Nc1cccc(C(=O)Nc2ccc(Cl)cc2Br)c1Br. The molecular weight excluding hydrogens is 395 g/mol. The summed E-state index contributed by atoms with van der Waals surface area (Å²) in [6.07, 6.45) is 0. The van der Waals surface area contributed by atoms with Crippen LogP contribution in [0.25, 0.3) is 0 Å². The Morgan fingerprint density at radius 2 is 1.95 bits per heavy atom. The molecule has 0 fully saturated rings. The molecule has 0 heterocycles. The van der Waals surface area contributed by atoms with Gasteiger partial charge in [0.2, 0.25) is 0 Å². The molecule has 0 aliphatic heterocycles. The smallest absolute Gasteiger partial charge is 0.256 e. The molecule has 0 aromatic heterocycles. The molecule has 2 aromatic rings. The monoisotopic (exact) mass is 402 g/mol. The standard InChI is InChI=1S/C13H9Br2ClN2O/c14-9-6-7(16)4-5-11(9)18-13(19)8-2-1-3-10(17)12(8)15/h1-6H,17H2,(H,18,19). The van der Waals surface area contributed by atoms with Crippen LogP contribution in [0.5, 0.6) is 0 Å². The van der Waals surface area contributed by atoms with Gasteiger partial charge in [0.1, 0.15) is 0 Å². The summed E-state index contributed by atoms with van der Waals surface area (Å²) in [4.78, 5) is 12.2. The Labute approximate surface area is 132 Å². The molecule has 0 aliphatic rings. The molecule has 0 saturated carbocycles. The van der Waals surface area contributed by atoms with Gasteiger partial charge in [-0.25, -0.2) is 0 Å². The summed E-state index contributed by atoms with van der Waals surface area (Å²) in [6.45, 7) is 0. The van der Waals surface area contributed by atoms with Crippen molar-refractivity contribution in [2.24, 2.45) is 0 Å². The van der Waals surface area contributed by atoms with E-state index >= 15 is 0 Å². The molecule has 0 radical (unpaired) electrons. The lowest BCUT2D eigenvalue weighted by atomic mass is 10.2. The fraction of sp³-hybridized carbons (Fsp3) is 0. The van der Waals surface area contributed by atoms with Crippen molar-refractivity contribution in [3.8, 4) is 0 Å². The summed E-state index contributed by atoms with van der Waals surface area (Å²) < 4.78 is 1.30. The van der Waals surface area contributed by atoms with Crippen LogP contribution in [0.3, 0.4) is 0 Å². The minimum absolute atomic E-state index is 0.248. The Morgan fingerprint density at radius 3 is 2.63 bits per heavy atom. The molecule has 0 spiro atoms. The van der Waals surface area contributed by atoms with Crippen LogP contribution in [-0.2, 0) is 0 Å². The van der Waals surface area contributed by atoms with Gasteiger partial charge >= 0.3 is 0 Å². The van der Waals surface area contributed by atoms with Crippen LogP contribution in [0.15, 0.2) is 45.3 Å². The van der Waals surface area contributed by atoms with E-state index in [0.717, 1.165) is 0 Å². The van der Waals surface area contributed by atoms with Gasteiger partial charge in [-0.05, 0) is 62.2 Å². The molecule has 98 valence electrons. The summed E-state index contributed by atoms with van der Waals surface area (Å²) in [5.74, 6) is -0.248. The highest BCUT2D eigenvalue weighted by Gasteiger charge is 2.13. The first-order valence-corrected chi connectivity index (χ1v) is 7.26. The third-order valence-corrected chi connectivity index (χ3v) is 4.23. The van der Waals surface area contributed by atoms with Gasteiger partial charge in [0.05, 0.1) is 15.7 Å². The lowest BCUT2D eigenvalue weighted by molar-refractivity contribution is 0.102. The van der Waals surface area contributed by atoms with E-state index in [1.807, 2.05) is 0 Å². The predicted octanol–water partition coefficient (Wildman–Crippen LogP) is 4.70. The minimum Gasteiger partial charge on any atom is -0.398 e. The molecule has 0 aliphatic carbocycles. The Bertz CT molecular complexity index is 647. The lowest BCUT2D eigenvalue weighted by Crippen LogP contribution is -2.13. The van der Waals surface area contributed by atoms with Crippen LogP contribution < -0.4 is 11.1 Å². The van der Waals surface area contributed by atoms with Gasteiger partial charge in [-0.3, -0.25) is 4.79 Å². The Morgan fingerprint density at radius 1 is 1.21 bits per heavy atom. The number of hydrogen-bond donors (Lipinski definition) is 2. The summed E-state index contributed by atoms with van der Waals surface area (Å²) in [6, 6.07) is 10.3. The molecule has 0 unspecified atom stereocenters. The molecule has 0 bridgehead atoms. The molecule has 1 amide bonds. The highest BCUT2D eigenvalue weighted by atomic mass is 79.9. The zero-order chi connectivity index (χ0) is 14.0. The second-order valence-electron chi connectivity index (χ2n) is 3.79. The van der Waals surface area contributed by atoms with Crippen molar-refractivity contribution in [2.45, 2.75) is 0 Å². The molecule has 0 atom stereocenters. The van der Waals surface area contributed by atoms with Gasteiger partial charge in [0, 0.05) is 15.2 Å². The molecule has 6 heteroatoms. The first-order chi connectivity index (χ1) is 8.99. The summed E-state index contributed by atoms with van der Waals surface area (Å²) >= 11 is 12.5. The van der Waals surface area contributed by atoms with E-state index in [1.165, 1.54) is 0 Å². The first-order valence-electron chi connectivity index (χ1n) is 5.29. The Kier molecular flexibility index (Phi) is 4.50. The zero-order valence-electron chi connectivity index (χ0n) is 9.58. The van der Waals surface area contributed by atoms with Gasteiger partial charge in [-0.15, -0.1) is 0 Å². The van der Waals surface area contributed by atoms with Crippen LogP contribution in [0, 0.1) is 0 Å². The summed E-state index contributed by atoms with van der Waals surface area (Å²) in [5, 5.41) is 3.38. The van der Waals surface area contributed by atoms with Crippen molar-refractivity contribution in [1.29, 1.82) is 0 Å². The Balaban J connectivity index is 2.28. The molecule has 0 saturated heterocycles. The highest BCUT2D eigenvalue weighted by Crippen LogP contribution is 2.28. The van der Waals surface area contributed by atoms with E-state index in [1.54, 1.807) is 36.4 Å². The summed E-state index contributed by atoms with van der Waals surface area (Å²) in [7, 11) is 0.